The predicted octanol–water partition coefficient (Wildman–Crippen LogP) is 3.71. The van der Waals surface area contributed by atoms with Crippen LogP contribution in [0.25, 0.3) is 0 Å². The van der Waals surface area contributed by atoms with Crippen LogP contribution in [0, 0.1) is 0 Å². The van der Waals surface area contributed by atoms with Crippen molar-refractivity contribution in [1.29, 1.82) is 0 Å². The van der Waals surface area contributed by atoms with Crippen molar-refractivity contribution >= 4 is 21.6 Å². The summed E-state index contributed by atoms with van der Waals surface area (Å²) in [5.74, 6) is -0.311. The molecule has 0 saturated carbocycles. The van der Waals surface area contributed by atoms with Crippen molar-refractivity contribution in [1.82, 2.24) is 4.47 Å². The fourth-order valence-corrected chi connectivity index (χ4v) is 3.80. The Kier molecular flexibility index (Phi) is 6.43. The molecule has 1 amide bonds. The van der Waals surface area contributed by atoms with E-state index in [1.807, 2.05) is 54.6 Å². The van der Waals surface area contributed by atoms with Crippen LogP contribution in [0.15, 0.2) is 83.8 Å². The smallest absolute Gasteiger partial charge is 0.264 e. The number of rotatable bonds is 7. The first kappa shape index (κ1) is 20.7. The Hall–Kier alpha value is -3.00. The van der Waals surface area contributed by atoms with Crippen molar-refractivity contribution < 1.29 is 18.0 Å². The zero-order chi connectivity index (χ0) is 20.9. The van der Waals surface area contributed by atoms with E-state index in [-0.39, 0.29) is 10.8 Å². The third-order valence-corrected chi connectivity index (χ3v) is 6.21. The normalized spacial score (nSPS) is 11.4. The highest BCUT2D eigenvalue weighted by atomic mass is 32.2. The molecule has 0 saturated heterocycles. The van der Waals surface area contributed by atoms with E-state index in [1.165, 1.54) is 38.4 Å². The van der Waals surface area contributed by atoms with Gasteiger partial charge in [-0.15, -0.1) is 0 Å². The van der Waals surface area contributed by atoms with Gasteiger partial charge in [-0.2, -0.15) is 0 Å². The number of nitrogens with one attached hydrogen (secondary N) is 1. The van der Waals surface area contributed by atoms with E-state index in [4.69, 9.17) is 4.84 Å². The molecule has 150 valence electrons. The highest BCUT2D eigenvalue weighted by Crippen LogP contribution is 2.21. The van der Waals surface area contributed by atoms with Gasteiger partial charge in [0.1, 0.15) is 0 Å². The molecule has 6 nitrogen and oxygen atoms in total. The molecule has 0 radical (unpaired) electrons. The SMILES string of the molecule is CON(C)S(=O)(=O)c1ccc(C(=O)Nc2ccccc2Cc2ccccc2)cc1. The van der Waals surface area contributed by atoms with E-state index in [9.17, 15) is 13.2 Å². The molecule has 0 unspecified atom stereocenters. The van der Waals surface area contributed by atoms with Crippen molar-refractivity contribution in [3.8, 4) is 0 Å². The first-order chi connectivity index (χ1) is 13.9. The maximum absolute atomic E-state index is 12.7. The largest absolute Gasteiger partial charge is 0.322 e. The molecule has 3 aromatic carbocycles. The van der Waals surface area contributed by atoms with Gasteiger partial charge in [-0.1, -0.05) is 53.0 Å². The summed E-state index contributed by atoms with van der Waals surface area (Å²) >= 11 is 0. The third-order valence-electron chi connectivity index (χ3n) is 4.51. The summed E-state index contributed by atoms with van der Waals surface area (Å²) in [5, 5.41) is 2.92. The van der Waals surface area contributed by atoms with Gasteiger partial charge in [0.15, 0.2) is 0 Å². The molecule has 0 atom stereocenters. The molecule has 0 aliphatic heterocycles. The van der Waals surface area contributed by atoms with Gasteiger partial charge < -0.3 is 5.32 Å². The minimum absolute atomic E-state index is 0.0443. The van der Waals surface area contributed by atoms with Crippen LogP contribution in [0.5, 0.6) is 0 Å². The highest BCUT2D eigenvalue weighted by Gasteiger charge is 2.21. The second kappa shape index (κ2) is 9.00. The Labute approximate surface area is 170 Å². The molecule has 0 bridgehead atoms. The lowest BCUT2D eigenvalue weighted by molar-refractivity contribution is -0.0258. The van der Waals surface area contributed by atoms with Crippen molar-refractivity contribution in [2.45, 2.75) is 11.3 Å². The zero-order valence-electron chi connectivity index (χ0n) is 16.2. The van der Waals surface area contributed by atoms with Gasteiger partial charge in [0.2, 0.25) is 0 Å². The number of sulfonamides is 1. The first-order valence-corrected chi connectivity index (χ1v) is 10.4. The molecule has 0 aromatic heterocycles. The summed E-state index contributed by atoms with van der Waals surface area (Å²) < 4.78 is 25.3. The summed E-state index contributed by atoms with van der Waals surface area (Å²) in [4.78, 5) is 17.5. The van der Waals surface area contributed by atoms with Crippen molar-refractivity contribution in [3.05, 3.63) is 95.6 Å². The maximum Gasteiger partial charge on any atom is 0.264 e. The monoisotopic (exact) mass is 410 g/mol. The van der Waals surface area contributed by atoms with Crippen LogP contribution in [0.2, 0.25) is 0 Å². The van der Waals surface area contributed by atoms with Crippen LogP contribution in [0.1, 0.15) is 21.5 Å². The minimum atomic E-state index is -3.75. The van der Waals surface area contributed by atoms with Crippen molar-refractivity contribution in [2.24, 2.45) is 0 Å². The van der Waals surface area contributed by atoms with Crippen molar-refractivity contribution in [2.75, 3.05) is 19.5 Å². The Morgan fingerprint density at radius 2 is 1.55 bits per heavy atom. The second-order valence-electron chi connectivity index (χ2n) is 6.40. The summed E-state index contributed by atoms with van der Waals surface area (Å²) in [5.41, 5.74) is 3.22. The number of amides is 1. The lowest BCUT2D eigenvalue weighted by Gasteiger charge is -2.14. The van der Waals surface area contributed by atoms with Crippen LogP contribution in [-0.4, -0.2) is 33.0 Å². The summed E-state index contributed by atoms with van der Waals surface area (Å²) in [7, 11) is -1.18. The number of hydroxylamine groups is 1. The molecule has 0 fully saturated rings. The van der Waals surface area contributed by atoms with Crippen LogP contribution in [0.4, 0.5) is 5.69 Å². The molecular weight excluding hydrogens is 388 g/mol. The molecule has 29 heavy (non-hydrogen) atoms. The molecule has 3 rings (SSSR count). The van der Waals surface area contributed by atoms with Gasteiger partial charge in [-0.3, -0.25) is 9.63 Å². The van der Waals surface area contributed by atoms with Gasteiger partial charge in [0.25, 0.3) is 15.9 Å². The van der Waals surface area contributed by atoms with Crippen molar-refractivity contribution in [3.63, 3.8) is 0 Å². The number of hydrogen-bond acceptors (Lipinski definition) is 4. The Balaban J connectivity index is 1.78. The molecule has 0 aliphatic rings. The molecule has 0 aliphatic carbocycles. The molecular formula is C22H22N2O4S. The van der Waals surface area contributed by atoms with E-state index in [0.717, 1.165) is 21.3 Å². The molecule has 7 heteroatoms. The highest BCUT2D eigenvalue weighted by molar-refractivity contribution is 7.89. The van der Waals surface area contributed by atoms with E-state index >= 15 is 0 Å². The third kappa shape index (κ3) is 4.89. The Morgan fingerprint density at radius 3 is 2.21 bits per heavy atom. The number of nitrogens with zero attached hydrogens (tertiary/aromatic N) is 1. The summed E-state index contributed by atoms with van der Waals surface area (Å²) in [6.07, 6.45) is 0.692. The van der Waals surface area contributed by atoms with Crippen LogP contribution < -0.4 is 5.32 Å². The first-order valence-electron chi connectivity index (χ1n) is 8.98. The summed E-state index contributed by atoms with van der Waals surface area (Å²) in [6, 6.07) is 23.3. The average molecular weight is 410 g/mol. The fourth-order valence-electron chi connectivity index (χ4n) is 2.83. The maximum atomic E-state index is 12.7. The number of carbonyl (C=O) groups is 1. The Morgan fingerprint density at radius 1 is 0.931 bits per heavy atom. The predicted molar refractivity (Wildman–Crippen MR) is 112 cm³/mol. The van der Waals surface area contributed by atoms with Gasteiger partial charge >= 0.3 is 0 Å². The van der Waals surface area contributed by atoms with Gasteiger partial charge in [0.05, 0.1) is 12.0 Å². The number of benzene rings is 3. The van der Waals surface area contributed by atoms with Gasteiger partial charge in [-0.25, -0.2) is 8.42 Å². The molecule has 0 heterocycles. The summed E-state index contributed by atoms with van der Waals surface area (Å²) in [6.45, 7) is 0. The standard InChI is InChI=1S/C22H22N2O4S/c1-24(28-2)29(26,27)20-14-12-18(13-15-20)22(25)23-21-11-7-6-10-19(21)16-17-8-4-3-5-9-17/h3-15H,16H2,1-2H3,(H,23,25). The van der Waals surface area contributed by atoms with E-state index < -0.39 is 10.0 Å². The van der Waals surface area contributed by atoms with E-state index in [0.29, 0.717) is 12.0 Å². The lowest BCUT2D eigenvalue weighted by Crippen LogP contribution is -2.25. The number of anilines is 1. The molecule has 3 aromatic rings. The average Bonchev–Trinajstić information content (AvgIpc) is 2.75. The quantitative estimate of drug-likeness (QED) is 0.603. The number of hydrogen-bond donors (Lipinski definition) is 1. The lowest BCUT2D eigenvalue weighted by atomic mass is 10.0. The van der Waals surface area contributed by atoms with E-state index in [2.05, 4.69) is 5.32 Å². The van der Waals surface area contributed by atoms with Gasteiger partial charge in [0, 0.05) is 18.3 Å². The van der Waals surface area contributed by atoms with Gasteiger partial charge in [-0.05, 0) is 47.9 Å². The number of carbonyl (C=O) groups excluding carboxylic acids is 1. The van der Waals surface area contributed by atoms with Crippen LogP contribution in [-0.2, 0) is 21.3 Å². The molecule has 0 spiro atoms. The van der Waals surface area contributed by atoms with Crippen LogP contribution in [0.3, 0.4) is 0 Å². The van der Waals surface area contributed by atoms with Crippen LogP contribution >= 0.6 is 0 Å². The number of para-hydroxylation sites is 1. The minimum Gasteiger partial charge on any atom is -0.322 e. The fraction of sp³-hybridized carbons (Fsp3) is 0.136. The second-order valence-corrected chi connectivity index (χ2v) is 8.33. The van der Waals surface area contributed by atoms with E-state index in [1.54, 1.807) is 0 Å². The Bertz CT molecular complexity index is 1080. The molecule has 1 N–H and O–H groups in total. The zero-order valence-corrected chi connectivity index (χ0v) is 17.0. The topological polar surface area (TPSA) is 75.7 Å².